The summed E-state index contributed by atoms with van der Waals surface area (Å²) in [5, 5.41) is 41.7. The summed E-state index contributed by atoms with van der Waals surface area (Å²) in [5.74, 6) is -6.45. The van der Waals surface area contributed by atoms with Gasteiger partial charge in [0.25, 0.3) is 12.3 Å². The number of carbonyl (C=O) groups excluding carboxylic acids is 3. The van der Waals surface area contributed by atoms with Gasteiger partial charge in [0.1, 0.15) is 16.2 Å². The smallest absolute Gasteiger partial charge is 0.498 e. The number of anilines is 1. The lowest BCUT2D eigenvalue weighted by Gasteiger charge is -2.64. The first-order chi connectivity index (χ1) is 25.2. The summed E-state index contributed by atoms with van der Waals surface area (Å²) in [4.78, 5) is 63.1. The van der Waals surface area contributed by atoms with E-state index in [-0.39, 0.29) is 20.8 Å². The first kappa shape index (κ1) is 43.1. The van der Waals surface area contributed by atoms with Crippen molar-refractivity contribution in [3.8, 4) is 0 Å². The van der Waals surface area contributed by atoms with Gasteiger partial charge in [-0.25, -0.2) is 24.0 Å². The van der Waals surface area contributed by atoms with E-state index in [9.17, 15) is 34.5 Å². The summed E-state index contributed by atoms with van der Waals surface area (Å²) in [7, 11) is 1.47. The van der Waals surface area contributed by atoms with Crippen molar-refractivity contribution in [2.24, 2.45) is 23.7 Å². The Morgan fingerprint density at radius 1 is 1.07 bits per heavy atom. The average molecular weight is 830 g/mol. The minimum atomic E-state index is -2.78. The number of rotatable bonds is 5. The highest BCUT2D eigenvalue weighted by molar-refractivity contribution is 6.56. The molecule has 1 aromatic rings. The largest absolute Gasteiger partial charge is 0.510 e. The van der Waals surface area contributed by atoms with Crippen LogP contribution in [0.1, 0.15) is 94.1 Å². The summed E-state index contributed by atoms with van der Waals surface area (Å²) in [5.41, 5.74) is -8.82. The number of hydrogen-bond acceptors (Lipinski definition) is 11. The average Bonchev–Trinajstić information content (AvgIpc) is 3.30. The van der Waals surface area contributed by atoms with E-state index >= 15 is 0 Å². The van der Waals surface area contributed by atoms with Gasteiger partial charge in [0.2, 0.25) is 11.1 Å². The number of carboxylic acids is 1. The lowest BCUT2D eigenvalue weighted by molar-refractivity contribution is -0.991. The number of para-hydroxylation sites is 1. The van der Waals surface area contributed by atoms with Crippen LogP contribution in [-0.4, -0.2) is 80.5 Å². The van der Waals surface area contributed by atoms with Crippen molar-refractivity contribution in [1.29, 1.82) is 0 Å². The quantitative estimate of drug-likeness (QED) is 0.177. The Morgan fingerprint density at radius 3 is 2.20 bits per heavy atom. The molecule has 2 aliphatic carbocycles. The van der Waals surface area contributed by atoms with Gasteiger partial charge in [0.15, 0.2) is 0 Å². The van der Waals surface area contributed by atoms with Gasteiger partial charge in [-0.1, -0.05) is 59.9 Å². The van der Waals surface area contributed by atoms with Gasteiger partial charge in [0, 0.05) is 25.5 Å². The number of quaternary nitrogens is 1. The molecule has 55 heavy (non-hydrogen) atoms. The Morgan fingerprint density at radius 2 is 1.69 bits per heavy atom. The number of nitrogens with zero attached hydrogens (tertiary/aromatic N) is 2. The van der Waals surface area contributed by atoms with E-state index in [0.717, 1.165) is 6.92 Å². The minimum absolute atomic E-state index is 0.0318. The van der Waals surface area contributed by atoms with Crippen LogP contribution in [0.25, 0.3) is 0 Å². The summed E-state index contributed by atoms with van der Waals surface area (Å²) in [6.45, 7) is 15.6. The van der Waals surface area contributed by atoms with Crippen molar-refractivity contribution < 1.29 is 58.0 Å². The van der Waals surface area contributed by atoms with Gasteiger partial charge in [-0.2, -0.15) is 0 Å². The third kappa shape index (κ3) is 6.23. The highest BCUT2D eigenvalue weighted by Crippen LogP contribution is 2.69. The number of aliphatic hydroxyl groups is 1. The van der Waals surface area contributed by atoms with Crippen LogP contribution >= 0.6 is 34.8 Å². The fourth-order valence-electron chi connectivity index (χ4n) is 10.4. The lowest BCUT2D eigenvalue weighted by Crippen LogP contribution is -2.86. The number of amides is 1. The molecule has 1 saturated carbocycles. The van der Waals surface area contributed by atoms with Crippen LogP contribution in [0.5, 0.6) is 0 Å². The number of fused-ring (bicyclic) bond motifs is 4. The van der Waals surface area contributed by atoms with E-state index in [4.69, 9.17) is 53.9 Å². The Kier molecular flexibility index (Phi) is 11.0. The maximum Gasteiger partial charge on any atom is 0.510 e. The predicted molar refractivity (Wildman–Crippen MR) is 202 cm³/mol. The van der Waals surface area contributed by atoms with Crippen molar-refractivity contribution in [2.75, 3.05) is 12.1 Å². The van der Waals surface area contributed by atoms with Crippen molar-refractivity contribution in [2.45, 2.75) is 129 Å². The topological polar surface area (TPSA) is 172 Å². The lowest BCUT2D eigenvalue weighted by atomic mass is 9.49. The number of benzene rings is 1. The molecule has 0 spiro atoms. The van der Waals surface area contributed by atoms with E-state index in [1.165, 1.54) is 32.9 Å². The highest BCUT2D eigenvalue weighted by Gasteiger charge is 2.88. The first-order valence-electron chi connectivity index (χ1n) is 18.2. The van der Waals surface area contributed by atoms with Crippen LogP contribution in [0.4, 0.5) is 15.3 Å². The van der Waals surface area contributed by atoms with Crippen LogP contribution in [0.2, 0.25) is 5.02 Å². The van der Waals surface area contributed by atoms with E-state index in [0.29, 0.717) is 24.0 Å². The second-order valence-corrected chi connectivity index (χ2v) is 18.8. The molecule has 2 heterocycles. The standard InChI is InChI=1S/C39H51Cl3N2O11/c1-19-17-25-23(21(3)30(41)42)16-15-20(2)39(25,51)29(28(19)52-22(4)45)37(32(46)47)18-38(54-34(50)53-36(8,9)10)24-13-12-14-26(40)27(24)43(11)55-31(38)44(37,33(48)49)35(5,6)7/h12-14,17,20,23,25,28-29,31,51H,15-16,18H2,1-11H3,(H-,46,47,48,49)/t20-,23+,25+,28+,29-,31-,37+,38-,39-,44?/m1/s1. The van der Waals surface area contributed by atoms with Gasteiger partial charge >= 0.3 is 18.1 Å². The van der Waals surface area contributed by atoms with E-state index in [1.807, 2.05) is 0 Å². The van der Waals surface area contributed by atoms with Crippen molar-refractivity contribution in [1.82, 2.24) is 0 Å². The Labute approximate surface area is 336 Å². The van der Waals surface area contributed by atoms with Crippen molar-refractivity contribution in [3.63, 3.8) is 0 Å². The normalized spacial score (nSPS) is 35.7. The van der Waals surface area contributed by atoms with Gasteiger partial charge in [-0.3, -0.25) is 4.79 Å². The van der Waals surface area contributed by atoms with Gasteiger partial charge < -0.3 is 34.3 Å². The molecule has 1 amide bonds. The molecule has 16 heteroatoms. The van der Waals surface area contributed by atoms with Crippen LogP contribution in [-0.2, 0) is 34.2 Å². The number of carboxylic acid groups (broad SMARTS) is 2. The van der Waals surface area contributed by atoms with Gasteiger partial charge in [0.05, 0.1) is 34.2 Å². The van der Waals surface area contributed by atoms with Gasteiger partial charge in [-0.15, -0.1) is 0 Å². The van der Waals surface area contributed by atoms with Crippen molar-refractivity contribution in [3.05, 3.63) is 50.5 Å². The zero-order valence-electron chi connectivity index (χ0n) is 33.0. The number of hydrogen-bond donors (Lipinski definition) is 2. The predicted octanol–water partition coefficient (Wildman–Crippen LogP) is 6.99. The summed E-state index contributed by atoms with van der Waals surface area (Å²) < 4.78 is 16.4. The number of allylic oxidation sites excluding steroid dienone is 1. The number of likely N-dealkylation sites (tertiary alicyclic amines) is 1. The molecule has 304 valence electrons. The number of ether oxygens (including phenoxy) is 3. The highest BCUT2D eigenvalue weighted by atomic mass is 35.5. The molecule has 10 atom stereocenters. The molecule has 0 bridgehead atoms. The molecule has 2 aliphatic heterocycles. The zero-order chi connectivity index (χ0) is 41.6. The summed E-state index contributed by atoms with van der Waals surface area (Å²) in [6.07, 6.45) is -4.88. The zero-order valence-corrected chi connectivity index (χ0v) is 35.3. The molecule has 1 saturated heterocycles. The molecule has 1 aromatic carbocycles. The van der Waals surface area contributed by atoms with E-state index in [1.54, 1.807) is 65.8 Å². The molecule has 2 N–H and O–H groups in total. The number of halogens is 3. The molecule has 0 radical (unpaired) electrons. The fourth-order valence-corrected chi connectivity index (χ4v) is 10.9. The first-order valence-corrected chi connectivity index (χ1v) is 19.3. The Bertz CT molecular complexity index is 1850. The molecule has 5 rings (SSSR count). The van der Waals surface area contributed by atoms with Gasteiger partial charge in [-0.05, 0) is 97.3 Å². The second kappa shape index (κ2) is 14.1. The summed E-state index contributed by atoms with van der Waals surface area (Å²) in [6, 6.07) is 4.65. The number of aliphatic carboxylic acids is 1. The van der Waals surface area contributed by atoms with Crippen LogP contribution in [0.15, 0.2) is 39.9 Å². The van der Waals surface area contributed by atoms with Crippen LogP contribution in [0.3, 0.4) is 0 Å². The molecular weight excluding hydrogens is 779 g/mol. The maximum absolute atomic E-state index is 14.9. The molecule has 2 fully saturated rings. The molecule has 0 aromatic heterocycles. The SMILES string of the molecule is CC(=O)O[C@H]1C(C)=C[C@H]2[C@H](C(C)=C(Cl)Cl)CC[C@@H](C)[C@]2(O)[C@H]1[C@]1(C(=O)O)C[C@@]2(OC(=O)OC(C)(C)C)c3cccc(Cl)c3N(C)O[C@H]2[N+]1(C(=O)[O-])C(C)(C)C. The molecule has 4 aliphatic rings. The number of carbonyl (C=O) groups is 4. The minimum Gasteiger partial charge on any atom is -0.498 e. The van der Waals surface area contributed by atoms with Crippen LogP contribution in [0, 0.1) is 23.7 Å². The number of esters is 1. The number of hydroxylamine groups is 1. The molecule has 13 nitrogen and oxygen atoms in total. The third-order valence-electron chi connectivity index (χ3n) is 12.3. The van der Waals surface area contributed by atoms with Crippen molar-refractivity contribution >= 4 is 64.7 Å². The third-order valence-corrected chi connectivity index (χ3v) is 13.2. The fraction of sp³-hybridized carbons (Fsp3) is 0.641. The Hall–Kier alpha value is -3.07. The van der Waals surface area contributed by atoms with E-state index < -0.39 is 99.0 Å². The molecule has 1 unspecified atom stereocenters. The van der Waals surface area contributed by atoms with E-state index in [2.05, 4.69) is 0 Å². The maximum atomic E-state index is 14.9. The van der Waals surface area contributed by atoms with Crippen LogP contribution < -0.4 is 10.2 Å². The monoisotopic (exact) mass is 828 g/mol. The molecular formula is C39H51Cl3N2O11. The second-order valence-electron chi connectivity index (χ2n) is 17.5. The summed E-state index contributed by atoms with van der Waals surface area (Å²) >= 11 is 19.5. The Balaban J connectivity index is 2.02.